The van der Waals surface area contributed by atoms with Gasteiger partial charge in [-0.1, -0.05) is 0 Å². The zero-order valence-electron chi connectivity index (χ0n) is 15.9. The third kappa shape index (κ3) is 5.35. The fraction of sp³-hybridized carbons (Fsp3) is 0.875. The lowest BCUT2D eigenvalue weighted by atomic mass is 9.83. The summed E-state index contributed by atoms with van der Waals surface area (Å²) in [6, 6.07) is 0. The standard InChI is InChI=1S/C14H25N3O3S.C2HF3O2/c1-15-9-10-16(11-12-3-4-12)13(18)14(15)5-7-17(8-6-14)21(2,19)20;3-2(4,5)1(6)7/h12H,3-11H2,1-2H3;(H,6,7). The third-order valence-electron chi connectivity index (χ3n) is 5.56. The summed E-state index contributed by atoms with van der Waals surface area (Å²) in [6.07, 6.45) is -0.132. The Labute approximate surface area is 162 Å². The number of piperazine rings is 1. The highest BCUT2D eigenvalue weighted by Gasteiger charge is 2.50. The maximum Gasteiger partial charge on any atom is 0.490 e. The molecule has 12 heteroatoms. The van der Waals surface area contributed by atoms with E-state index in [0.717, 1.165) is 19.6 Å². The molecule has 0 atom stereocenters. The summed E-state index contributed by atoms with van der Waals surface area (Å²) in [7, 11) is -1.15. The zero-order valence-corrected chi connectivity index (χ0v) is 16.7. The van der Waals surface area contributed by atoms with E-state index in [-0.39, 0.29) is 5.91 Å². The van der Waals surface area contributed by atoms with Crippen molar-refractivity contribution in [3.63, 3.8) is 0 Å². The van der Waals surface area contributed by atoms with Crippen LogP contribution in [-0.4, -0.2) is 97.2 Å². The highest BCUT2D eigenvalue weighted by atomic mass is 32.2. The molecule has 162 valence electrons. The van der Waals surface area contributed by atoms with E-state index in [1.54, 1.807) is 0 Å². The molecule has 28 heavy (non-hydrogen) atoms. The number of sulfonamides is 1. The van der Waals surface area contributed by atoms with Crippen molar-refractivity contribution in [3.8, 4) is 0 Å². The first-order chi connectivity index (χ1) is 12.8. The highest BCUT2D eigenvalue weighted by Crippen LogP contribution is 2.36. The molecule has 0 aromatic carbocycles. The number of piperidine rings is 1. The summed E-state index contributed by atoms with van der Waals surface area (Å²) in [6.45, 7) is 3.49. The van der Waals surface area contributed by atoms with Gasteiger partial charge in [-0.05, 0) is 38.6 Å². The van der Waals surface area contributed by atoms with Crippen LogP contribution in [0.25, 0.3) is 0 Å². The van der Waals surface area contributed by atoms with E-state index in [1.807, 2.05) is 11.9 Å². The number of rotatable bonds is 3. The van der Waals surface area contributed by atoms with Gasteiger partial charge in [-0.15, -0.1) is 0 Å². The van der Waals surface area contributed by atoms with Crippen LogP contribution in [0.1, 0.15) is 25.7 Å². The van der Waals surface area contributed by atoms with E-state index in [0.29, 0.717) is 31.8 Å². The smallest absolute Gasteiger partial charge is 0.475 e. The predicted octanol–water partition coefficient (Wildman–Crippen LogP) is 0.598. The second-order valence-electron chi connectivity index (χ2n) is 7.61. The molecule has 3 aliphatic rings. The maximum atomic E-state index is 12.9. The minimum atomic E-state index is -5.08. The quantitative estimate of drug-likeness (QED) is 0.706. The van der Waals surface area contributed by atoms with Gasteiger partial charge in [0.15, 0.2) is 0 Å². The van der Waals surface area contributed by atoms with Gasteiger partial charge in [-0.2, -0.15) is 13.2 Å². The molecule has 0 bridgehead atoms. The Hall–Kier alpha value is -1.40. The molecule has 0 radical (unpaired) electrons. The van der Waals surface area contributed by atoms with Gasteiger partial charge in [-0.3, -0.25) is 9.69 Å². The molecule has 0 unspecified atom stereocenters. The highest BCUT2D eigenvalue weighted by molar-refractivity contribution is 7.88. The Morgan fingerprint density at radius 1 is 1.18 bits per heavy atom. The molecule has 2 aliphatic heterocycles. The SMILES string of the molecule is CN1CCN(CC2CC2)C(=O)C12CCN(S(C)(=O)=O)CC2.O=C(O)C(F)(F)F. The molecule has 0 aromatic rings. The molecule has 2 saturated heterocycles. The Balaban J connectivity index is 0.000000345. The molecule has 1 spiro atoms. The van der Waals surface area contributed by atoms with Crippen LogP contribution in [0.3, 0.4) is 0 Å². The topological polar surface area (TPSA) is 98.2 Å². The van der Waals surface area contributed by atoms with Gasteiger partial charge in [0.05, 0.1) is 6.26 Å². The van der Waals surface area contributed by atoms with Gasteiger partial charge in [-0.25, -0.2) is 17.5 Å². The van der Waals surface area contributed by atoms with Crippen molar-refractivity contribution < 1.29 is 36.3 Å². The van der Waals surface area contributed by atoms with Gasteiger partial charge < -0.3 is 10.0 Å². The number of likely N-dealkylation sites (N-methyl/N-ethyl adjacent to an activating group) is 1. The van der Waals surface area contributed by atoms with Crippen LogP contribution in [0, 0.1) is 5.92 Å². The molecular weight excluding hydrogens is 403 g/mol. The van der Waals surface area contributed by atoms with Crippen LogP contribution < -0.4 is 0 Å². The molecule has 1 N–H and O–H groups in total. The Morgan fingerprint density at radius 3 is 2.07 bits per heavy atom. The number of hydrogen-bond donors (Lipinski definition) is 1. The van der Waals surface area contributed by atoms with Crippen LogP contribution in [0.4, 0.5) is 13.2 Å². The van der Waals surface area contributed by atoms with Crippen molar-refractivity contribution in [1.29, 1.82) is 0 Å². The number of carbonyl (C=O) groups is 2. The molecule has 1 amide bonds. The van der Waals surface area contributed by atoms with E-state index < -0.39 is 27.7 Å². The molecule has 8 nitrogen and oxygen atoms in total. The molecule has 2 heterocycles. The Morgan fingerprint density at radius 2 is 1.68 bits per heavy atom. The van der Waals surface area contributed by atoms with Crippen LogP contribution in [-0.2, 0) is 19.6 Å². The summed E-state index contributed by atoms with van der Waals surface area (Å²) in [5, 5.41) is 7.12. The number of hydrogen-bond acceptors (Lipinski definition) is 5. The fourth-order valence-electron chi connectivity index (χ4n) is 3.61. The first-order valence-corrected chi connectivity index (χ1v) is 10.9. The van der Waals surface area contributed by atoms with Crippen LogP contribution in [0.15, 0.2) is 0 Å². The van der Waals surface area contributed by atoms with Gasteiger partial charge >= 0.3 is 12.1 Å². The summed E-state index contributed by atoms with van der Waals surface area (Å²) < 4.78 is 56.5. The zero-order chi connectivity index (χ0) is 21.3. The van der Waals surface area contributed by atoms with Crippen LogP contribution in [0.2, 0.25) is 0 Å². The molecular formula is C16H26F3N3O5S. The lowest BCUT2D eigenvalue weighted by Crippen LogP contribution is -2.68. The number of nitrogens with zero attached hydrogens (tertiary/aromatic N) is 3. The number of carboxylic acid groups (broad SMARTS) is 1. The largest absolute Gasteiger partial charge is 0.490 e. The first kappa shape index (κ1) is 22.9. The molecule has 0 aromatic heterocycles. The summed E-state index contributed by atoms with van der Waals surface area (Å²) >= 11 is 0. The Bertz CT molecular complexity index is 701. The van der Waals surface area contributed by atoms with Gasteiger partial charge in [0.2, 0.25) is 15.9 Å². The first-order valence-electron chi connectivity index (χ1n) is 9.03. The summed E-state index contributed by atoms with van der Waals surface area (Å²) in [5.41, 5.74) is -0.478. The van der Waals surface area contributed by atoms with E-state index >= 15 is 0 Å². The molecule has 1 aliphatic carbocycles. The molecule has 3 fully saturated rings. The number of amides is 1. The average Bonchev–Trinajstić information content (AvgIpc) is 3.39. The van der Waals surface area contributed by atoms with Crippen molar-refractivity contribution in [3.05, 3.63) is 0 Å². The van der Waals surface area contributed by atoms with Crippen molar-refractivity contribution in [2.24, 2.45) is 5.92 Å². The summed E-state index contributed by atoms with van der Waals surface area (Å²) in [5.74, 6) is -1.84. The van der Waals surface area contributed by atoms with E-state index in [2.05, 4.69) is 4.90 Å². The number of halogens is 3. The van der Waals surface area contributed by atoms with Crippen molar-refractivity contribution in [1.82, 2.24) is 14.1 Å². The van der Waals surface area contributed by atoms with Gasteiger partial charge in [0.1, 0.15) is 5.54 Å². The van der Waals surface area contributed by atoms with Gasteiger partial charge in [0.25, 0.3) is 0 Å². The predicted molar refractivity (Wildman–Crippen MR) is 94.0 cm³/mol. The number of carbonyl (C=O) groups excluding carboxylic acids is 1. The lowest BCUT2D eigenvalue weighted by molar-refractivity contribution is -0.192. The minimum Gasteiger partial charge on any atom is -0.475 e. The fourth-order valence-corrected chi connectivity index (χ4v) is 4.46. The number of carboxylic acids is 1. The maximum absolute atomic E-state index is 12.9. The van der Waals surface area contributed by atoms with Crippen LogP contribution >= 0.6 is 0 Å². The van der Waals surface area contributed by atoms with E-state index in [9.17, 15) is 26.4 Å². The monoisotopic (exact) mass is 429 g/mol. The van der Waals surface area contributed by atoms with E-state index in [4.69, 9.17) is 9.90 Å². The third-order valence-corrected chi connectivity index (χ3v) is 6.86. The van der Waals surface area contributed by atoms with Gasteiger partial charge in [0, 0.05) is 32.7 Å². The number of alkyl halides is 3. The number of aliphatic carboxylic acids is 1. The minimum absolute atomic E-state index is 0.219. The normalized spacial score (nSPS) is 24.0. The summed E-state index contributed by atoms with van der Waals surface area (Å²) in [4.78, 5) is 26.0. The van der Waals surface area contributed by atoms with Crippen molar-refractivity contribution in [2.75, 3.05) is 46.0 Å². The second kappa shape index (κ2) is 8.15. The van der Waals surface area contributed by atoms with Crippen LogP contribution in [0.5, 0.6) is 0 Å². The second-order valence-corrected chi connectivity index (χ2v) is 9.60. The van der Waals surface area contributed by atoms with Crippen molar-refractivity contribution in [2.45, 2.75) is 37.4 Å². The lowest BCUT2D eigenvalue weighted by Gasteiger charge is -2.51. The van der Waals surface area contributed by atoms with E-state index in [1.165, 1.54) is 23.4 Å². The molecule has 3 rings (SSSR count). The average molecular weight is 429 g/mol. The molecule has 1 saturated carbocycles. The Kier molecular flexibility index (Phi) is 6.66. The van der Waals surface area contributed by atoms with Crippen molar-refractivity contribution >= 4 is 21.9 Å².